The quantitative estimate of drug-likeness (QED) is 0.627. The van der Waals surface area contributed by atoms with Crippen molar-refractivity contribution in [2.24, 2.45) is 5.92 Å². The first-order valence-corrected chi connectivity index (χ1v) is 5.81. The van der Waals surface area contributed by atoms with Crippen molar-refractivity contribution in [3.63, 3.8) is 0 Å². The molecular formula is C11H24N2O. The number of hydrogen-bond donors (Lipinski definition) is 3. The number of aliphatic hydroxyl groups excluding tert-OH is 1. The van der Waals surface area contributed by atoms with Crippen molar-refractivity contribution in [1.29, 1.82) is 0 Å². The van der Waals surface area contributed by atoms with Gasteiger partial charge in [0.05, 0.1) is 6.61 Å². The highest BCUT2D eigenvalue weighted by Crippen LogP contribution is 2.09. The molecule has 0 aliphatic carbocycles. The van der Waals surface area contributed by atoms with Gasteiger partial charge in [-0.15, -0.1) is 0 Å². The first kappa shape index (κ1) is 12.0. The van der Waals surface area contributed by atoms with Gasteiger partial charge in [-0.05, 0) is 38.3 Å². The van der Waals surface area contributed by atoms with E-state index in [2.05, 4.69) is 24.5 Å². The second-order valence-electron chi connectivity index (χ2n) is 4.58. The van der Waals surface area contributed by atoms with E-state index in [0.29, 0.717) is 12.0 Å². The van der Waals surface area contributed by atoms with E-state index in [1.165, 1.54) is 19.3 Å². The average Bonchev–Trinajstić information content (AvgIpc) is 2.41. The van der Waals surface area contributed by atoms with Crippen molar-refractivity contribution in [3.05, 3.63) is 0 Å². The molecular weight excluding hydrogens is 176 g/mol. The van der Waals surface area contributed by atoms with Crippen molar-refractivity contribution in [1.82, 2.24) is 10.6 Å². The van der Waals surface area contributed by atoms with Crippen molar-refractivity contribution in [2.45, 2.75) is 45.2 Å². The normalized spacial score (nSPS) is 26.1. The SMILES string of the molecule is CC(C)[C@@H](CO)NC1CCCNCC1. The molecule has 0 saturated carbocycles. The van der Waals surface area contributed by atoms with Crippen LogP contribution >= 0.6 is 0 Å². The van der Waals surface area contributed by atoms with Gasteiger partial charge in [-0.1, -0.05) is 13.8 Å². The Labute approximate surface area is 87.3 Å². The Morgan fingerprint density at radius 3 is 2.79 bits per heavy atom. The van der Waals surface area contributed by atoms with Gasteiger partial charge < -0.3 is 15.7 Å². The summed E-state index contributed by atoms with van der Waals surface area (Å²) in [5, 5.41) is 16.2. The molecule has 1 saturated heterocycles. The average molecular weight is 200 g/mol. The lowest BCUT2D eigenvalue weighted by Gasteiger charge is -2.26. The van der Waals surface area contributed by atoms with Crippen LogP contribution in [0.3, 0.4) is 0 Å². The molecule has 0 bridgehead atoms. The highest BCUT2D eigenvalue weighted by Gasteiger charge is 2.18. The molecule has 0 aromatic carbocycles. The van der Waals surface area contributed by atoms with Gasteiger partial charge in [0.1, 0.15) is 0 Å². The lowest BCUT2D eigenvalue weighted by molar-refractivity contribution is 0.195. The maximum atomic E-state index is 9.22. The molecule has 0 spiro atoms. The van der Waals surface area contributed by atoms with Crippen LogP contribution in [-0.2, 0) is 0 Å². The predicted octanol–water partition coefficient (Wildman–Crippen LogP) is 0.735. The molecule has 14 heavy (non-hydrogen) atoms. The summed E-state index contributed by atoms with van der Waals surface area (Å²) < 4.78 is 0. The van der Waals surface area contributed by atoms with Crippen LogP contribution in [0.5, 0.6) is 0 Å². The third-order valence-electron chi connectivity index (χ3n) is 3.03. The Morgan fingerprint density at radius 2 is 2.14 bits per heavy atom. The van der Waals surface area contributed by atoms with E-state index in [1.54, 1.807) is 0 Å². The van der Waals surface area contributed by atoms with E-state index >= 15 is 0 Å². The van der Waals surface area contributed by atoms with E-state index in [-0.39, 0.29) is 12.6 Å². The molecule has 1 unspecified atom stereocenters. The Bertz CT molecular complexity index is 142. The number of rotatable bonds is 4. The monoisotopic (exact) mass is 200 g/mol. The maximum Gasteiger partial charge on any atom is 0.0587 e. The second kappa shape index (κ2) is 6.38. The summed E-state index contributed by atoms with van der Waals surface area (Å²) in [5.41, 5.74) is 0. The first-order chi connectivity index (χ1) is 6.74. The van der Waals surface area contributed by atoms with Crippen LogP contribution in [0.25, 0.3) is 0 Å². The summed E-state index contributed by atoms with van der Waals surface area (Å²) in [6, 6.07) is 0.850. The smallest absolute Gasteiger partial charge is 0.0587 e. The highest BCUT2D eigenvalue weighted by atomic mass is 16.3. The molecule has 1 fully saturated rings. The predicted molar refractivity (Wildman–Crippen MR) is 59.4 cm³/mol. The minimum atomic E-state index is 0.252. The summed E-state index contributed by atoms with van der Waals surface area (Å²) >= 11 is 0. The summed E-state index contributed by atoms with van der Waals surface area (Å²) in [6.07, 6.45) is 3.66. The van der Waals surface area contributed by atoms with Gasteiger partial charge in [-0.25, -0.2) is 0 Å². The van der Waals surface area contributed by atoms with Crippen LogP contribution in [0, 0.1) is 5.92 Å². The van der Waals surface area contributed by atoms with Crippen LogP contribution in [0.4, 0.5) is 0 Å². The standard InChI is InChI=1S/C11H24N2O/c1-9(2)11(8-14)13-10-4-3-6-12-7-5-10/h9-14H,3-8H2,1-2H3/t10?,11-/m1/s1. The van der Waals surface area contributed by atoms with Crippen molar-refractivity contribution >= 4 is 0 Å². The fourth-order valence-electron chi connectivity index (χ4n) is 1.94. The minimum absolute atomic E-state index is 0.252. The second-order valence-corrected chi connectivity index (χ2v) is 4.58. The summed E-state index contributed by atoms with van der Waals surface area (Å²) in [4.78, 5) is 0. The zero-order valence-corrected chi connectivity index (χ0v) is 9.42. The maximum absolute atomic E-state index is 9.22. The molecule has 0 aromatic rings. The first-order valence-electron chi connectivity index (χ1n) is 5.81. The van der Waals surface area contributed by atoms with Gasteiger partial charge >= 0.3 is 0 Å². The van der Waals surface area contributed by atoms with Crippen molar-refractivity contribution in [2.75, 3.05) is 19.7 Å². The van der Waals surface area contributed by atoms with Gasteiger partial charge in [0, 0.05) is 12.1 Å². The van der Waals surface area contributed by atoms with Gasteiger partial charge in [0.25, 0.3) is 0 Å². The van der Waals surface area contributed by atoms with E-state index in [9.17, 15) is 5.11 Å². The van der Waals surface area contributed by atoms with Crippen molar-refractivity contribution < 1.29 is 5.11 Å². The van der Waals surface area contributed by atoms with E-state index < -0.39 is 0 Å². The number of nitrogens with one attached hydrogen (secondary N) is 2. The third kappa shape index (κ3) is 3.95. The molecule has 84 valence electrons. The lowest BCUT2D eigenvalue weighted by atomic mass is 10.0. The van der Waals surface area contributed by atoms with Gasteiger partial charge in [-0.3, -0.25) is 0 Å². The van der Waals surface area contributed by atoms with Gasteiger partial charge in [0.15, 0.2) is 0 Å². The zero-order chi connectivity index (χ0) is 10.4. The van der Waals surface area contributed by atoms with Crippen molar-refractivity contribution in [3.8, 4) is 0 Å². The highest BCUT2D eigenvalue weighted by molar-refractivity contribution is 4.78. The number of aliphatic hydroxyl groups is 1. The molecule has 3 nitrogen and oxygen atoms in total. The van der Waals surface area contributed by atoms with E-state index in [1.807, 2.05) is 0 Å². The van der Waals surface area contributed by atoms with Crippen LogP contribution in [0.15, 0.2) is 0 Å². The van der Waals surface area contributed by atoms with Crippen LogP contribution < -0.4 is 10.6 Å². The van der Waals surface area contributed by atoms with E-state index in [4.69, 9.17) is 0 Å². The van der Waals surface area contributed by atoms with E-state index in [0.717, 1.165) is 13.1 Å². The largest absolute Gasteiger partial charge is 0.395 e. The van der Waals surface area contributed by atoms with Crippen LogP contribution in [0.1, 0.15) is 33.1 Å². The molecule has 1 aliphatic heterocycles. The molecule has 0 aromatic heterocycles. The Balaban J connectivity index is 2.32. The summed E-state index contributed by atoms with van der Waals surface area (Å²) in [5.74, 6) is 0.510. The molecule has 1 rings (SSSR count). The molecule has 1 aliphatic rings. The number of hydrogen-bond acceptors (Lipinski definition) is 3. The van der Waals surface area contributed by atoms with Crippen LogP contribution in [-0.4, -0.2) is 36.9 Å². The lowest BCUT2D eigenvalue weighted by Crippen LogP contribution is -2.44. The van der Waals surface area contributed by atoms with Gasteiger partial charge in [0.2, 0.25) is 0 Å². The van der Waals surface area contributed by atoms with Gasteiger partial charge in [-0.2, -0.15) is 0 Å². The zero-order valence-electron chi connectivity index (χ0n) is 9.42. The Hall–Kier alpha value is -0.120. The Morgan fingerprint density at radius 1 is 1.36 bits per heavy atom. The fraction of sp³-hybridized carbons (Fsp3) is 1.00. The third-order valence-corrected chi connectivity index (χ3v) is 3.03. The molecule has 0 amide bonds. The Kier molecular flexibility index (Phi) is 5.45. The van der Waals surface area contributed by atoms with Crippen LogP contribution in [0.2, 0.25) is 0 Å². The molecule has 3 heteroatoms. The summed E-state index contributed by atoms with van der Waals surface area (Å²) in [6.45, 7) is 6.81. The molecule has 2 atom stereocenters. The summed E-state index contributed by atoms with van der Waals surface area (Å²) in [7, 11) is 0. The minimum Gasteiger partial charge on any atom is -0.395 e. The fourth-order valence-corrected chi connectivity index (χ4v) is 1.94. The molecule has 1 heterocycles. The molecule has 3 N–H and O–H groups in total. The topological polar surface area (TPSA) is 44.3 Å². The molecule has 0 radical (unpaired) electrons.